The van der Waals surface area contributed by atoms with E-state index in [0.717, 1.165) is 22.3 Å². The minimum absolute atomic E-state index is 0.0438. The SMILES string of the molecule is C/C(=C\NC(=O)Nc1ccc2nc[nH]c2c1)C(C)(C)C. The van der Waals surface area contributed by atoms with E-state index in [-0.39, 0.29) is 11.4 Å². The van der Waals surface area contributed by atoms with Crippen LogP contribution in [0.15, 0.2) is 36.3 Å². The number of H-pyrrole nitrogens is 1. The highest BCUT2D eigenvalue weighted by Crippen LogP contribution is 2.23. The van der Waals surface area contributed by atoms with Gasteiger partial charge in [0.25, 0.3) is 0 Å². The summed E-state index contributed by atoms with van der Waals surface area (Å²) in [6.07, 6.45) is 3.37. The van der Waals surface area contributed by atoms with Crippen LogP contribution in [0.1, 0.15) is 27.7 Å². The molecular formula is C15H20N4O. The molecule has 20 heavy (non-hydrogen) atoms. The van der Waals surface area contributed by atoms with Crippen LogP contribution in [0.25, 0.3) is 11.0 Å². The van der Waals surface area contributed by atoms with Crippen molar-refractivity contribution in [2.45, 2.75) is 27.7 Å². The predicted molar refractivity (Wildman–Crippen MR) is 81.5 cm³/mol. The molecule has 1 aromatic heterocycles. The number of hydrogen-bond donors (Lipinski definition) is 3. The number of aromatic amines is 1. The number of carbonyl (C=O) groups excluding carboxylic acids is 1. The summed E-state index contributed by atoms with van der Waals surface area (Å²) in [6, 6.07) is 5.27. The molecular weight excluding hydrogens is 252 g/mol. The number of anilines is 1. The summed E-state index contributed by atoms with van der Waals surface area (Å²) in [7, 11) is 0. The minimum atomic E-state index is -0.257. The molecule has 2 aromatic rings. The van der Waals surface area contributed by atoms with Crippen LogP contribution in [0.5, 0.6) is 0 Å². The minimum Gasteiger partial charge on any atom is -0.345 e. The quantitative estimate of drug-likeness (QED) is 0.781. The van der Waals surface area contributed by atoms with Crippen LogP contribution >= 0.6 is 0 Å². The van der Waals surface area contributed by atoms with Crippen LogP contribution in [0.4, 0.5) is 10.5 Å². The van der Waals surface area contributed by atoms with Crippen molar-refractivity contribution in [3.05, 3.63) is 36.3 Å². The van der Waals surface area contributed by atoms with E-state index in [9.17, 15) is 4.79 Å². The Morgan fingerprint density at radius 1 is 1.35 bits per heavy atom. The lowest BCUT2D eigenvalue weighted by atomic mass is 9.88. The monoisotopic (exact) mass is 272 g/mol. The Morgan fingerprint density at radius 3 is 2.80 bits per heavy atom. The second-order valence-corrected chi connectivity index (χ2v) is 5.81. The first-order chi connectivity index (χ1) is 9.36. The van der Waals surface area contributed by atoms with Gasteiger partial charge in [-0.3, -0.25) is 0 Å². The number of aromatic nitrogens is 2. The van der Waals surface area contributed by atoms with Gasteiger partial charge in [0.15, 0.2) is 0 Å². The maximum absolute atomic E-state index is 11.8. The maximum Gasteiger partial charge on any atom is 0.323 e. The van der Waals surface area contributed by atoms with E-state index < -0.39 is 0 Å². The average Bonchev–Trinajstić information content (AvgIpc) is 2.82. The van der Waals surface area contributed by atoms with Crippen molar-refractivity contribution in [1.82, 2.24) is 15.3 Å². The van der Waals surface area contributed by atoms with Gasteiger partial charge in [0.05, 0.1) is 17.4 Å². The third-order valence-electron chi connectivity index (χ3n) is 3.28. The van der Waals surface area contributed by atoms with Gasteiger partial charge < -0.3 is 15.6 Å². The Labute approximate surface area is 118 Å². The summed E-state index contributed by atoms with van der Waals surface area (Å²) in [5.41, 5.74) is 3.64. The van der Waals surface area contributed by atoms with E-state index in [2.05, 4.69) is 41.4 Å². The van der Waals surface area contributed by atoms with Gasteiger partial charge in [-0.1, -0.05) is 26.3 Å². The van der Waals surface area contributed by atoms with Crippen LogP contribution in [0, 0.1) is 5.41 Å². The van der Waals surface area contributed by atoms with Crippen LogP contribution in [-0.4, -0.2) is 16.0 Å². The third kappa shape index (κ3) is 3.38. The number of fused-ring (bicyclic) bond motifs is 1. The summed E-state index contributed by atoms with van der Waals surface area (Å²) in [4.78, 5) is 19.0. The number of amides is 2. The van der Waals surface area contributed by atoms with Crippen molar-refractivity contribution in [3.8, 4) is 0 Å². The molecule has 1 aromatic carbocycles. The Hall–Kier alpha value is -2.30. The Morgan fingerprint density at radius 2 is 2.10 bits per heavy atom. The zero-order chi connectivity index (χ0) is 14.8. The lowest BCUT2D eigenvalue weighted by molar-refractivity contribution is 0.255. The lowest BCUT2D eigenvalue weighted by Crippen LogP contribution is -2.25. The molecule has 2 rings (SSSR count). The normalized spacial score (nSPS) is 12.5. The Kier molecular flexibility index (Phi) is 3.79. The molecule has 2 amide bonds. The number of urea groups is 1. The molecule has 0 radical (unpaired) electrons. The number of allylic oxidation sites excluding steroid dienone is 1. The highest BCUT2D eigenvalue weighted by Gasteiger charge is 2.12. The van der Waals surface area contributed by atoms with E-state index in [0.29, 0.717) is 0 Å². The first-order valence-electron chi connectivity index (χ1n) is 6.54. The summed E-state index contributed by atoms with van der Waals surface area (Å²) >= 11 is 0. The summed E-state index contributed by atoms with van der Waals surface area (Å²) in [5.74, 6) is 0. The number of carbonyl (C=O) groups is 1. The molecule has 0 fully saturated rings. The Bertz CT molecular complexity index is 649. The average molecular weight is 272 g/mol. The molecule has 0 spiro atoms. The van der Waals surface area contributed by atoms with Gasteiger partial charge >= 0.3 is 6.03 Å². The molecule has 0 unspecified atom stereocenters. The zero-order valence-corrected chi connectivity index (χ0v) is 12.2. The standard InChI is InChI=1S/C15H20N4O/c1-10(15(2,3)4)8-16-14(20)19-11-5-6-12-13(7-11)18-9-17-12/h5-9H,1-4H3,(H,17,18)(H2,16,19,20)/b10-8+. The second kappa shape index (κ2) is 5.36. The van der Waals surface area contributed by atoms with E-state index in [1.165, 1.54) is 0 Å². The molecule has 0 aliphatic carbocycles. The number of benzene rings is 1. The van der Waals surface area contributed by atoms with Crippen molar-refractivity contribution < 1.29 is 4.79 Å². The summed E-state index contributed by atoms with van der Waals surface area (Å²) < 4.78 is 0. The third-order valence-corrected chi connectivity index (χ3v) is 3.28. The first-order valence-corrected chi connectivity index (χ1v) is 6.54. The molecule has 5 heteroatoms. The van der Waals surface area contributed by atoms with Gasteiger partial charge in [-0.15, -0.1) is 0 Å². The van der Waals surface area contributed by atoms with Crippen molar-refractivity contribution >= 4 is 22.8 Å². The fraction of sp³-hybridized carbons (Fsp3) is 0.333. The molecule has 0 bridgehead atoms. The number of nitrogens with one attached hydrogen (secondary N) is 3. The van der Waals surface area contributed by atoms with Gasteiger partial charge in [0.1, 0.15) is 0 Å². The molecule has 3 N–H and O–H groups in total. The molecule has 0 aliphatic heterocycles. The summed E-state index contributed by atoms with van der Waals surface area (Å²) in [6.45, 7) is 8.30. The topological polar surface area (TPSA) is 69.8 Å². The van der Waals surface area contributed by atoms with E-state index >= 15 is 0 Å². The molecule has 1 heterocycles. The van der Waals surface area contributed by atoms with Gasteiger partial charge in [0.2, 0.25) is 0 Å². The van der Waals surface area contributed by atoms with Crippen molar-refractivity contribution in [2.24, 2.45) is 5.41 Å². The molecule has 0 saturated carbocycles. The summed E-state index contributed by atoms with van der Waals surface area (Å²) in [5, 5.41) is 5.53. The van der Waals surface area contributed by atoms with E-state index in [1.54, 1.807) is 12.5 Å². The van der Waals surface area contributed by atoms with Crippen molar-refractivity contribution in [2.75, 3.05) is 5.32 Å². The van der Waals surface area contributed by atoms with Crippen LogP contribution in [0.2, 0.25) is 0 Å². The number of rotatable bonds is 2. The van der Waals surface area contributed by atoms with Gasteiger partial charge in [-0.2, -0.15) is 0 Å². The number of hydrogen-bond acceptors (Lipinski definition) is 2. The highest BCUT2D eigenvalue weighted by molar-refractivity contribution is 5.92. The first kappa shape index (κ1) is 14.1. The molecule has 0 atom stereocenters. The molecule has 5 nitrogen and oxygen atoms in total. The second-order valence-electron chi connectivity index (χ2n) is 5.81. The Balaban J connectivity index is 2.01. The highest BCUT2D eigenvalue weighted by atomic mass is 16.2. The zero-order valence-electron chi connectivity index (χ0n) is 12.2. The van der Waals surface area contributed by atoms with Gasteiger partial charge in [0, 0.05) is 11.9 Å². The fourth-order valence-electron chi connectivity index (χ4n) is 1.57. The van der Waals surface area contributed by atoms with Gasteiger partial charge in [-0.05, 0) is 30.5 Å². The number of imidazole rings is 1. The van der Waals surface area contributed by atoms with Crippen molar-refractivity contribution in [1.29, 1.82) is 0 Å². The number of nitrogens with zero attached hydrogens (tertiary/aromatic N) is 1. The lowest BCUT2D eigenvalue weighted by Gasteiger charge is -2.19. The predicted octanol–water partition coefficient (Wildman–Crippen LogP) is 3.63. The molecule has 0 aliphatic rings. The van der Waals surface area contributed by atoms with Crippen LogP contribution in [0.3, 0.4) is 0 Å². The molecule has 0 saturated heterocycles. The van der Waals surface area contributed by atoms with Crippen LogP contribution in [-0.2, 0) is 0 Å². The van der Waals surface area contributed by atoms with Crippen LogP contribution < -0.4 is 10.6 Å². The fourth-order valence-corrected chi connectivity index (χ4v) is 1.57. The largest absolute Gasteiger partial charge is 0.345 e. The molecule has 106 valence electrons. The maximum atomic E-state index is 11.8. The van der Waals surface area contributed by atoms with E-state index in [1.807, 2.05) is 25.1 Å². The van der Waals surface area contributed by atoms with Crippen molar-refractivity contribution in [3.63, 3.8) is 0 Å². The van der Waals surface area contributed by atoms with Gasteiger partial charge in [-0.25, -0.2) is 9.78 Å². The van der Waals surface area contributed by atoms with E-state index in [4.69, 9.17) is 0 Å². The smallest absolute Gasteiger partial charge is 0.323 e.